The standard InChI is InChI=1S/C17H17N3O2/c1-10-4-7-15-18-12(3)16(20(15)9-10)17(22)19-14-6-5-13(21)8-11(14)2/h4-9,21H,1-3H3,(H,19,22). The van der Waals surface area contributed by atoms with Gasteiger partial charge in [0, 0.05) is 11.9 Å². The van der Waals surface area contributed by atoms with E-state index in [1.165, 1.54) is 0 Å². The van der Waals surface area contributed by atoms with Gasteiger partial charge in [-0.3, -0.25) is 9.20 Å². The van der Waals surface area contributed by atoms with Gasteiger partial charge >= 0.3 is 0 Å². The summed E-state index contributed by atoms with van der Waals surface area (Å²) in [4.78, 5) is 17.0. The highest BCUT2D eigenvalue weighted by Gasteiger charge is 2.17. The summed E-state index contributed by atoms with van der Waals surface area (Å²) in [6.07, 6.45) is 1.90. The van der Waals surface area contributed by atoms with E-state index in [9.17, 15) is 9.90 Å². The number of nitrogens with zero attached hydrogens (tertiary/aromatic N) is 2. The van der Waals surface area contributed by atoms with Crippen LogP contribution in [0.2, 0.25) is 0 Å². The number of fused-ring (bicyclic) bond motifs is 1. The van der Waals surface area contributed by atoms with E-state index in [4.69, 9.17) is 0 Å². The molecule has 5 heteroatoms. The lowest BCUT2D eigenvalue weighted by molar-refractivity contribution is 0.102. The molecule has 3 aromatic rings. The summed E-state index contributed by atoms with van der Waals surface area (Å²) < 4.78 is 1.80. The molecule has 5 nitrogen and oxygen atoms in total. The Balaban J connectivity index is 2.02. The minimum Gasteiger partial charge on any atom is -0.508 e. The number of aromatic nitrogens is 2. The summed E-state index contributed by atoms with van der Waals surface area (Å²) in [7, 11) is 0. The van der Waals surface area contributed by atoms with Crippen LogP contribution < -0.4 is 5.32 Å². The number of aryl methyl sites for hydroxylation is 3. The smallest absolute Gasteiger partial charge is 0.274 e. The Morgan fingerprint density at radius 1 is 1.18 bits per heavy atom. The van der Waals surface area contributed by atoms with Crippen LogP contribution in [-0.4, -0.2) is 20.4 Å². The molecule has 2 N–H and O–H groups in total. The van der Waals surface area contributed by atoms with Crippen LogP contribution in [0.25, 0.3) is 5.65 Å². The maximum absolute atomic E-state index is 12.6. The second-order valence-corrected chi connectivity index (χ2v) is 5.43. The van der Waals surface area contributed by atoms with E-state index >= 15 is 0 Å². The highest BCUT2D eigenvalue weighted by atomic mass is 16.3. The molecule has 0 spiro atoms. The second-order valence-electron chi connectivity index (χ2n) is 5.43. The lowest BCUT2D eigenvalue weighted by Crippen LogP contribution is -2.16. The monoisotopic (exact) mass is 295 g/mol. The molecule has 0 saturated carbocycles. The van der Waals surface area contributed by atoms with Crippen molar-refractivity contribution in [2.24, 2.45) is 0 Å². The SMILES string of the molecule is Cc1ccc2nc(C)c(C(=O)Nc3ccc(O)cc3C)n2c1. The Labute approximate surface area is 128 Å². The Kier molecular flexibility index (Phi) is 3.33. The number of pyridine rings is 1. The van der Waals surface area contributed by atoms with Gasteiger partial charge in [-0.25, -0.2) is 4.98 Å². The van der Waals surface area contributed by atoms with Crippen molar-refractivity contribution in [3.63, 3.8) is 0 Å². The number of benzene rings is 1. The zero-order valence-electron chi connectivity index (χ0n) is 12.7. The third-order valence-corrected chi connectivity index (χ3v) is 3.61. The number of aromatic hydroxyl groups is 1. The fraction of sp³-hybridized carbons (Fsp3) is 0.176. The molecule has 0 unspecified atom stereocenters. The lowest BCUT2D eigenvalue weighted by atomic mass is 10.2. The summed E-state index contributed by atoms with van der Waals surface area (Å²) >= 11 is 0. The molecule has 0 bridgehead atoms. The number of nitrogens with one attached hydrogen (secondary N) is 1. The first-order valence-electron chi connectivity index (χ1n) is 7.02. The van der Waals surface area contributed by atoms with E-state index < -0.39 is 0 Å². The third kappa shape index (κ3) is 2.41. The molecule has 0 saturated heterocycles. The minimum atomic E-state index is -0.218. The van der Waals surface area contributed by atoms with Crippen molar-refractivity contribution < 1.29 is 9.90 Å². The van der Waals surface area contributed by atoms with Crippen LogP contribution in [0.1, 0.15) is 27.3 Å². The number of rotatable bonds is 2. The predicted octanol–water partition coefficient (Wildman–Crippen LogP) is 3.22. The molecular weight excluding hydrogens is 278 g/mol. The molecule has 112 valence electrons. The first-order valence-corrected chi connectivity index (χ1v) is 7.02. The van der Waals surface area contributed by atoms with Crippen LogP contribution in [0.4, 0.5) is 5.69 Å². The zero-order valence-corrected chi connectivity index (χ0v) is 12.7. The van der Waals surface area contributed by atoms with E-state index in [0.29, 0.717) is 17.1 Å². The van der Waals surface area contributed by atoms with Crippen LogP contribution in [0.3, 0.4) is 0 Å². The van der Waals surface area contributed by atoms with Crippen molar-refractivity contribution in [2.45, 2.75) is 20.8 Å². The normalized spacial score (nSPS) is 10.9. The van der Waals surface area contributed by atoms with Crippen molar-refractivity contribution in [2.75, 3.05) is 5.32 Å². The summed E-state index contributed by atoms with van der Waals surface area (Å²) in [5.74, 6) is -0.0403. The average Bonchev–Trinajstić information content (AvgIpc) is 2.77. The van der Waals surface area contributed by atoms with E-state index in [2.05, 4.69) is 10.3 Å². The molecule has 0 atom stereocenters. The summed E-state index contributed by atoms with van der Waals surface area (Å²) in [6.45, 7) is 5.63. The van der Waals surface area contributed by atoms with Gasteiger partial charge in [0.05, 0.1) is 5.69 Å². The molecule has 1 amide bonds. The second kappa shape index (κ2) is 5.18. The molecule has 0 aliphatic carbocycles. The molecule has 2 heterocycles. The maximum atomic E-state index is 12.6. The van der Waals surface area contributed by atoms with E-state index in [1.807, 2.05) is 39.1 Å². The van der Waals surface area contributed by atoms with E-state index in [1.54, 1.807) is 22.6 Å². The molecule has 0 fully saturated rings. The van der Waals surface area contributed by atoms with Gasteiger partial charge in [0.25, 0.3) is 5.91 Å². The van der Waals surface area contributed by atoms with Gasteiger partial charge in [-0.2, -0.15) is 0 Å². The Morgan fingerprint density at radius 2 is 1.95 bits per heavy atom. The summed E-state index contributed by atoms with van der Waals surface area (Å²) in [6, 6.07) is 8.71. The van der Waals surface area contributed by atoms with E-state index in [0.717, 1.165) is 16.8 Å². The van der Waals surface area contributed by atoms with Crippen LogP contribution in [0, 0.1) is 20.8 Å². The molecule has 0 radical (unpaired) electrons. The fourth-order valence-corrected chi connectivity index (χ4v) is 2.51. The number of imidazole rings is 1. The van der Waals surface area contributed by atoms with Crippen LogP contribution in [-0.2, 0) is 0 Å². The van der Waals surface area contributed by atoms with Gasteiger partial charge in [-0.15, -0.1) is 0 Å². The highest BCUT2D eigenvalue weighted by Crippen LogP contribution is 2.22. The number of hydrogen-bond donors (Lipinski definition) is 2. The molecular formula is C17H17N3O2. The number of hydrogen-bond acceptors (Lipinski definition) is 3. The van der Waals surface area contributed by atoms with Crippen molar-refractivity contribution in [3.05, 3.63) is 59.0 Å². The number of phenols is 1. The number of amides is 1. The topological polar surface area (TPSA) is 66.6 Å². The number of phenolic OH excluding ortho intramolecular Hbond substituents is 1. The number of carbonyl (C=O) groups excluding carboxylic acids is 1. The Morgan fingerprint density at radius 3 is 2.68 bits per heavy atom. The maximum Gasteiger partial charge on any atom is 0.274 e. The van der Waals surface area contributed by atoms with Gasteiger partial charge < -0.3 is 10.4 Å². The zero-order chi connectivity index (χ0) is 15.9. The molecule has 3 rings (SSSR count). The molecule has 2 aromatic heterocycles. The van der Waals surface area contributed by atoms with Crippen LogP contribution in [0.15, 0.2) is 36.5 Å². The first-order chi connectivity index (χ1) is 10.5. The third-order valence-electron chi connectivity index (χ3n) is 3.61. The van der Waals surface area contributed by atoms with Gasteiger partial charge in [0.2, 0.25) is 0 Å². The average molecular weight is 295 g/mol. The van der Waals surface area contributed by atoms with Crippen molar-refractivity contribution >= 4 is 17.2 Å². The van der Waals surface area contributed by atoms with Gasteiger partial charge in [0.1, 0.15) is 17.1 Å². The van der Waals surface area contributed by atoms with E-state index in [-0.39, 0.29) is 11.7 Å². The number of carbonyl (C=O) groups is 1. The quantitative estimate of drug-likeness (QED) is 0.713. The van der Waals surface area contributed by atoms with Crippen molar-refractivity contribution in [1.82, 2.24) is 9.38 Å². The van der Waals surface area contributed by atoms with Crippen molar-refractivity contribution in [3.8, 4) is 5.75 Å². The van der Waals surface area contributed by atoms with Gasteiger partial charge in [0.15, 0.2) is 0 Å². The Bertz CT molecular complexity index is 881. The molecule has 1 aromatic carbocycles. The first kappa shape index (κ1) is 14.1. The summed E-state index contributed by atoms with van der Waals surface area (Å²) in [5, 5.41) is 12.3. The Hall–Kier alpha value is -2.82. The van der Waals surface area contributed by atoms with Crippen molar-refractivity contribution in [1.29, 1.82) is 0 Å². The largest absolute Gasteiger partial charge is 0.508 e. The predicted molar refractivity (Wildman–Crippen MR) is 85.5 cm³/mol. The molecule has 0 aliphatic rings. The summed E-state index contributed by atoms with van der Waals surface area (Å²) in [5.41, 5.74) is 4.47. The van der Waals surface area contributed by atoms with Gasteiger partial charge in [-0.05, 0) is 56.2 Å². The van der Waals surface area contributed by atoms with Crippen LogP contribution >= 0.6 is 0 Å². The number of anilines is 1. The minimum absolute atomic E-state index is 0.178. The fourth-order valence-electron chi connectivity index (χ4n) is 2.51. The molecule has 0 aliphatic heterocycles. The highest BCUT2D eigenvalue weighted by molar-refractivity contribution is 6.04. The van der Waals surface area contributed by atoms with Crippen LogP contribution in [0.5, 0.6) is 5.75 Å². The lowest BCUT2D eigenvalue weighted by Gasteiger charge is -2.09. The van der Waals surface area contributed by atoms with Gasteiger partial charge in [-0.1, -0.05) is 6.07 Å². The molecule has 22 heavy (non-hydrogen) atoms.